The van der Waals surface area contributed by atoms with E-state index in [1.807, 2.05) is 13.8 Å². The first-order valence-corrected chi connectivity index (χ1v) is 16.4. The molecule has 0 bridgehead atoms. The van der Waals surface area contributed by atoms with Crippen molar-refractivity contribution in [2.75, 3.05) is 26.3 Å². The topological polar surface area (TPSA) is 103 Å². The number of esters is 1. The van der Waals surface area contributed by atoms with Crippen molar-refractivity contribution in [2.24, 2.45) is 5.41 Å². The smallest absolute Gasteiger partial charge is 0.307 e. The lowest BCUT2D eigenvalue weighted by Crippen LogP contribution is -2.56. The third-order valence-electron chi connectivity index (χ3n) is 7.36. The monoisotopic (exact) mass is 592 g/mol. The van der Waals surface area contributed by atoms with Gasteiger partial charge in [0, 0.05) is 24.9 Å². The van der Waals surface area contributed by atoms with Crippen LogP contribution in [-0.2, 0) is 28.6 Å². The third-order valence-corrected chi connectivity index (χ3v) is 7.36. The maximum atomic E-state index is 12.6. The Labute approximate surface area is 255 Å². The highest BCUT2D eigenvalue weighted by molar-refractivity contribution is 5.82. The number of allylic oxidation sites excluding steroid dienone is 2. The molecule has 1 saturated heterocycles. The first-order chi connectivity index (χ1) is 20.1. The van der Waals surface area contributed by atoms with Gasteiger partial charge in [-0.25, -0.2) is 0 Å². The highest BCUT2D eigenvalue weighted by Gasteiger charge is 2.45. The molecular formula is C34H60N2O6. The summed E-state index contributed by atoms with van der Waals surface area (Å²) in [5, 5.41) is 5.63. The van der Waals surface area contributed by atoms with Crippen LogP contribution in [0.25, 0.3) is 0 Å². The van der Waals surface area contributed by atoms with E-state index < -0.39 is 23.3 Å². The van der Waals surface area contributed by atoms with Crippen LogP contribution < -0.4 is 10.6 Å². The second kappa shape index (κ2) is 22.4. The normalized spacial score (nSPS) is 17.9. The average molecular weight is 593 g/mol. The van der Waals surface area contributed by atoms with E-state index in [9.17, 15) is 14.4 Å². The average Bonchev–Trinajstić information content (AvgIpc) is 2.94. The zero-order valence-electron chi connectivity index (χ0n) is 27.3. The SMILES string of the molecule is CCCCCCCCC=CCCCCCCCC(=O)NCC=CCOC(=O)CCNC(=O)C1OC(C)(C)OCC1(C)C. The lowest BCUT2D eigenvalue weighted by atomic mass is 9.85. The van der Waals surface area contributed by atoms with Gasteiger partial charge >= 0.3 is 5.97 Å². The number of unbranched alkanes of at least 4 members (excludes halogenated alkanes) is 11. The molecule has 2 amide bonds. The van der Waals surface area contributed by atoms with Crippen molar-refractivity contribution in [1.82, 2.24) is 10.6 Å². The van der Waals surface area contributed by atoms with Crippen molar-refractivity contribution < 1.29 is 28.6 Å². The van der Waals surface area contributed by atoms with Crippen LogP contribution in [0.3, 0.4) is 0 Å². The summed E-state index contributed by atoms with van der Waals surface area (Å²) in [5.41, 5.74) is -0.468. The molecule has 0 aromatic heterocycles. The summed E-state index contributed by atoms with van der Waals surface area (Å²) >= 11 is 0. The highest BCUT2D eigenvalue weighted by atomic mass is 16.7. The summed E-state index contributed by atoms with van der Waals surface area (Å²) < 4.78 is 16.6. The molecule has 0 aliphatic carbocycles. The second-order valence-electron chi connectivity index (χ2n) is 12.5. The molecule has 0 radical (unpaired) electrons. The lowest BCUT2D eigenvalue weighted by molar-refractivity contribution is -0.304. The molecule has 8 heteroatoms. The zero-order chi connectivity index (χ0) is 31.1. The number of ether oxygens (including phenoxy) is 3. The van der Waals surface area contributed by atoms with Gasteiger partial charge in [-0.15, -0.1) is 0 Å². The molecule has 1 aliphatic rings. The molecular weight excluding hydrogens is 532 g/mol. The summed E-state index contributed by atoms with van der Waals surface area (Å²) in [5.74, 6) is -1.45. The Morgan fingerprint density at radius 2 is 1.40 bits per heavy atom. The second-order valence-corrected chi connectivity index (χ2v) is 12.5. The first-order valence-electron chi connectivity index (χ1n) is 16.4. The van der Waals surface area contributed by atoms with Gasteiger partial charge in [0.15, 0.2) is 5.79 Å². The van der Waals surface area contributed by atoms with Crippen LogP contribution in [-0.4, -0.2) is 56.0 Å². The van der Waals surface area contributed by atoms with E-state index in [2.05, 4.69) is 29.7 Å². The molecule has 1 atom stereocenters. The molecule has 1 rings (SSSR count). The van der Waals surface area contributed by atoms with Crippen LogP contribution in [0.1, 0.15) is 131 Å². The van der Waals surface area contributed by atoms with E-state index >= 15 is 0 Å². The summed E-state index contributed by atoms with van der Waals surface area (Å²) in [6, 6.07) is 0. The minimum absolute atomic E-state index is 0.0464. The molecule has 1 aliphatic heterocycles. The molecule has 1 heterocycles. The summed E-state index contributed by atoms with van der Waals surface area (Å²) in [7, 11) is 0. The largest absolute Gasteiger partial charge is 0.461 e. The molecule has 0 saturated carbocycles. The Kier molecular flexibility index (Phi) is 20.1. The Balaban J connectivity index is 1.96. The fourth-order valence-electron chi connectivity index (χ4n) is 4.68. The van der Waals surface area contributed by atoms with Crippen molar-refractivity contribution in [3.63, 3.8) is 0 Å². The molecule has 8 nitrogen and oxygen atoms in total. The van der Waals surface area contributed by atoms with E-state index in [1.54, 1.807) is 26.0 Å². The predicted octanol–water partition coefficient (Wildman–Crippen LogP) is 6.92. The van der Waals surface area contributed by atoms with Crippen molar-refractivity contribution in [3.05, 3.63) is 24.3 Å². The van der Waals surface area contributed by atoms with Gasteiger partial charge in [-0.1, -0.05) is 90.4 Å². The van der Waals surface area contributed by atoms with E-state index in [-0.39, 0.29) is 31.4 Å². The minimum atomic E-state index is -0.827. The Morgan fingerprint density at radius 1 is 0.786 bits per heavy atom. The summed E-state index contributed by atoms with van der Waals surface area (Å²) in [6.45, 7) is 10.7. The van der Waals surface area contributed by atoms with Crippen LogP contribution in [0, 0.1) is 5.41 Å². The lowest BCUT2D eigenvalue weighted by Gasteiger charge is -2.44. The van der Waals surface area contributed by atoms with Crippen LogP contribution >= 0.6 is 0 Å². The van der Waals surface area contributed by atoms with Gasteiger partial charge in [0.25, 0.3) is 0 Å². The van der Waals surface area contributed by atoms with Crippen molar-refractivity contribution in [1.29, 1.82) is 0 Å². The fraction of sp³-hybridized carbons (Fsp3) is 0.794. The van der Waals surface area contributed by atoms with Crippen LogP contribution in [0.5, 0.6) is 0 Å². The number of carbonyl (C=O) groups excluding carboxylic acids is 3. The van der Waals surface area contributed by atoms with Crippen LogP contribution in [0.4, 0.5) is 0 Å². The molecule has 0 spiro atoms. The Morgan fingerprint density at radius 3 is 2.07 bits per heavy atom. The summed E-state index contributed by atoms with van der Waals surface area (Å²) in [4.78, 5) is 36.5. The van der Waals surface area contributed by atoms with Gasteiger partial charge in [-0.3, -0.25) is 14.4 Å². The molecule has 2 N–H and O–H groups in total. The van der Waals surface area contributed by atoms with Gasteiger partial charge in [0.1, 0.15) is 12.7 Å². The van der Waals surface area contributed by atoms with Gasteiger partial charge in [-0.2, -0.15) is 0 Å². The highest BCUT2D eigenvalue weighted by Crippen LogP contribution is 2.34. The minimum Gasteiger partial charge on any atom is -0.461 e. The molecule has 1 fully saturated rings. The summed E-state index contributed by atoms with van der Waals surface area (Å²) in [6.07, 6.45) is 24.2. The molecule has 0 aromatic carbocycles. The van der Waals surface area contributed by atoms with Gasteiger partial charge in [-0.05, 0) is 52.0 Å². The van der Waals surface area contributed by atoms with E-state index in [0.717, 1.165) is 19.3 Å². The van der Waals surface area contributed by atoms with E-state index in [0.29, 0.717) is 19.6 Å². The fourth-order valence-corrected chi connectivity index (χ4v) is 4.68. The van der Waals surface area contributed by atoms with Crippen LogP contribution in [0.15, 0.2) is 24.3 Å². The number of amides is 2. The maximum Gasteiger partial charge on any atom is 0.307 e. The van der Waals surface area contributed by atoms with Crippen molar-refractivity contribution in [2.45, 2.75) is 143 Å². The number of hydrogen-bond donors (Lipinski definition) is 2. The standard InChI is InChI=1S/C34H60N2O6/c1-6-7-8-9-10-11-12-13-14-15-16-17-18-19-20-23-29(37)35-25-21-22-27-40-30(38)24-26-36-32(39)31-33(2,3)28-41-34(4,5)42-31/h13-14,21-22,31H,6-12,15-20,23-28H2,1-5H3,(H,35,37)(H,36,39). The number of carbonyl (C=O) groups is 3. The quantitative estimate of drug-likeness (QED) is 0.0758. The zero-order valence-corrected chi connectivity index (χ0v) is 27.3. The molecule has 0 aromatic rings. The number of nitrogens with one attached hydrogen (secondary N) is 2. The van der Waals surface area contributed by atoms with E-state index in [4.69, 9.17) is 14.2 Å². The molecule has 1 unspecified atom stereocenters. The third kappa shape index (κ3) is 19.1. The van der Waals surface area contributed by atoms with Gasteiger partial charge < -0.3 is 24.8 Å². The first kappa shape index (κ1) is 37.8. The van der Waals surface area contributed by atoms with Crippen LogP contribution in [0.2, 0.25) is 0 Å². The number of hydrogen-bond acceptors (Lipinski definition) is 6. The van der Waals surface area contributed by atoms with Crippen molar-refractivity contribution >= 4 is 17.8 Å². The molecule has 42 heavy (non-hydrogen) atoms. The van der Waals surface area contributed by atoms with Gasteiger partial charge in [0.2, 0.25) is 11.8 Å². The van der Waals surface area contributed by atoms with Gasteiger partial charge in [0.05, 0.1) is 13.0 Å². The Hall–Kier alpha value is -2.19. The maximum absolute atomic E-state index is 12.6. The predicted molar refractivity (Wildman–Crippen MR) is 169 cm³/mol. The molecule has 242 valence electrons. The van der Waals surface area contributed by atoms with Crippen molar-refractivity contribution in [3.8, 4) is 0 Å². The number of rotatable bonds is 23. The Bertz CT molecular complexity index is 821. The van der Waals surface area contributed by atoms with E-state index in [1.165, 1.54) is 64.2 Å².